The summed E-state index contributed by atoms with van der Waals surface area (Å²) in [6, 6.07) is 7.21. The lowest BCUT2D eigenvalue weighted by molar-refractivity contribution is -0.107. The maximum Gasteiger partial charge on any atom is 0.125 e. The van der Waals surface area contributed by atoms with Crippen LogP contribution in [-0.4, -0.2) is 16.0 Å². The molecule has 0 unspecified atom stereocenters. The average Bonchev–Trinajstić information content (AvgIpc) is 2.54. The minimum Gasteiger partial charge on any atom is -0.508 e. The quantitative estimate of drug-likeness (QED) is 0.776. The molecule has 0 saturated heterocycles. The van der Waals surface area contributed by atoms with Crippen LogP contribution in [0.15, 0.2) is 24.3 Å². The number of carbonyl (C=O) groups excluding carboxylic acids is 1. The van der Waals surface area contributed by atoms with E-state index in [9.17, 15) is 9.90 Å². The number of aldehydes is 1. The summed E-state index contributed by atoms with van der Waals surface area (Å²) in [4.78, 5) is 10.5. The van der Waals surface area contributed by atoms with Gasteiger partial charge in [0.15, 0.2) is 0 Å². The Labute approximate surface area is 87.9 Å². The molecule has 3 heteroatoms. The van der Waals surface area contributed by atoms with Crippen LogP contribution in [0.2, 0.25) is 0 Å². The Bertz CT molecular complexity index is 500. The van der Waals surface area contributed by atoms with Crippen LogP contribution in [0.5, 0.6) is 5.75 Å². The van der Waals surface area contributed by atoms with Gasteiger partial charge in [-0.05, 0) is 31.2 Å². The Kier molecular flexibility index (Phi) is 2.46. The highest BCUT2D eigenvalue weighted by atomic mass is 16.3. The van der Waals surface area contributed by atoms with Crippen molar-refractivity contribution in [3.05, 3.63) is 30.0 Å². The minimum atomic E-state index is 0.258. The van der Waals surface area contributed by atoms with Crippen molar-refractivity contribution in [1.82, 2.24) is 4.57 Å². The van der Waals surface area contributed by atoms with Crippen LogP contribution in [0.1, 0.15) is 12.6 Å². The monoisotopic (exact) mass is 203 g/mol. The number of hydrogen-bond donors (Lipinski definition) is 1. The van der Waals surface area contributed by atoms with E-state index in [0.717, 1.165) is 29.4 Å². The average molecular weight is 203 g/mol. The predicted molar refractivity (Wildman–Crippen MR) is 59.0 cm³/mol. The highest BCUT2D eigenvalue weighted by Crippen LogP contribution is 2.24. The van der Waals surface area contributed by atoms with E-state index in [1.54, 1.807) is 12.1 Å². The SMILES string of the molecule is CCn1c(CC=O)cc2cc(O)ccc21. The van der Waals surface area contributed by atoms with Gasteiger partial charge in [-0.2, -0.15) is 0 Å². The molecule has 0 fully saturated rings. The molecule has 2 aromatic rings. The standard InChI is InChI=1S/C12H13NO2/c1-2-13-10(5-6-14)7-9-8-11(15)3-4-12(9)13/h3-4,6-8,15H,2,5H2,1H3. The van der Waals surface area contributed by atoms with Gasteiger partial charge >= 0.3 is 0 Å². The molecule has 15 heavy (non-hydrogen) atoms. The van der Waals surface area contributed by atoms with Gasteiger partial charge in [-0.15, -0.1) is 0 Å². The molecule has 0 aliphatic heterocycles. The van der Waals surface area contributed by atoms with Gasteiger partial charge in [0.2, 0.25) is 0 Å². The molecule has 1 heterocycles. The number of aromatic nitrogens is 1. The van der Waals surface area contributed by atoms with Crippen molar-refractivity contribution in [2.24, 2.45) is 0 Å². The van der Waals surface area contributed by atoms with Crippen LogP contribution in [0.4, 0.5) is 0 Å². The van der Waals surface area contributed by atoms with Crippen LogP contribution in [0, 0.1) is 0 Å². The first-order chi connectivity index (χ1) is 7.26. The van der Waals surface area contributed by atoms with Gasteiger partial charge in [-0.1, -0.05) is 0 Å². The van der Waals surface area contributed by atoms with E-state index in [-0.39, 0.29) is 5.75 Å². The fraction of sp³-hybridized carbons (Fsp3) is 0.250. The predicted octanol–water partition coefficient (Wildman–Crippen LogP) is 2.11. The molecule has 0 amide bonds. The second kappa shape index (κ2) is 3.77. The molecule has 1 N–H and O–H groups in total. The van der Waals surface area contributed by atoms with Crippen LogP contribution in [-0.2, 0) is 17.8 Å². The Morgan fingerprint density at radius 2 is 2.20 bits per heavy atom. The topological polar surface area (TPSA) is 42.2 Å². The summed E-state index contributed by atoms with van der Waals surface area (Å²) in [7, 11) is 0. The zero-order chi connectivity index (χ0) is 10.8. The molecule has 3 nitrogen and oxygen atoms in total. The number of rotatable bonds is 3. The molecule has 0 aliphatic rings. The molecule has 1 aromatic carbocycles. The van der Waals surface area contributed by atoms with Crippen molar-refractivity contribution in [3.8, 4) is 5.75 Å². The van der Waals surface area contributed by atoms with Crippen molar-refractivity contribution >= 4 is 17.2 Å². The number of carbonyl (C=O) groups is 1. The number of phenolic OH excluding ortho intramolecular Hbond substituents is 1. The van der Waals surface area contributed by atoms with E-state index in [4.69, 9.17) is 0 Å². The van der Waals surface area contributed by atoms with Gasteiger partial charge < -0.3 is 14.5 Å². The van der Waals surface area contributed by atoms with Crippen LogP contribution >= 0.6 is 0 Å². The van der Waals surface area contributed by atoms with Gasteiger partial charge in [0.1, 0.15) is 12.0 Å². The summed E-state index contributed by atoms with van der Waals surface area (Å²) in [5.74, 6) is 0.258. The third kappa shape index (κ3) is 1.61. The molecule has 1 aromatic heterocycles. The molecule has 78 valence electrons. The van der Waals surface area contributed by atoms with E-state index in [1.807, 2.05) is 19.1 Å². The molecule has 0 bridgehead atoms. The molecular weight excluding hydrogens is 190 g/mol. The first-order valence-corrected chi connectivity index (χ1v) is 5.01. The molecule has 2 rings (SSSR count). The first-order valence-electron chi connectivity index (χ1n) is 5.01. The Balaban J connectivity index is 2.66. The Morgan fingerprint density at radius 3 is 2.87 bits per heavy atom. The number of fused-ring (bicyclic) bond motifs is 1. The van der Waals surface area contributed by atoms with E-state index >= 15 is 0 Å². The van der Waals surface area contributed by atoms with E-state index in [0.29, 0.717) is 6.42 Å². The van der Waals surface area contributed by atoms with Gasteiger partial charge in [-0.25, -0.2) is 0 Å². The number of benzene rings is 1. The zero-order valence-corrected chi connectivity index (χ0v) is 8.60. The largest absolute Gasteiger partial charge is 0.508 e. The van der Waals surface area contributed by atoms with Gasteiger partial charge in [-0.3, -0.25) is 0 Å². The lowest BCUT2D eigenvalue weighted by Crippen LogP contribution is -2.00. The lowest BCUT2D eigenvalue weighted by Gasteiger charge is -2.04. The van der Waals surface area contributed by atoms with Crippen LogP contribution in [0.3, 0.4) is 0 Å². The van der Waals surface area contributed by atoms with Crippen molar-refractivity contribution in [3.63, 3.8) is 0 Å². The third-order valence-corrected chi connectivity index (χ3v) is 2.58. The fourth-order valence-electron chi connectivity index (χ4n) is 1.94. The highest BCUT2D eigenvalue weighted by molar-refractivity contribution is 5.83. The van der Waals surface area contributed by atoms with Gasteiger partial charge in [0.05, 0.1) is 0 Å². The summed E-state index contributed by atoms with van der Waals surface area (Å²) in [6.45, 7) is 2.87. The first kappa shape index (κ1) is 9.77. The number of nitrogens with zero attached hydrogens (tertiary/aromatic N) is 1. The van der Waals surface area contributed by atoms with E-state index < -0.39 is 0 Å². The Morgan fingerprint density at radius 1 is 1.40 bits per heavy atom. The van der Waals surface area contributed by atoms with E-state index in [1.165, 1.54) is 0 Å². The second-order valence-electron chi connectivity index (χ2n) is 3.49. The zero-order valence-electron chi connectivity index (χ0n) is 8.60. The highest BCUT2D eigenvalue weighted by Gasteiger charge is 2.07. The molecule has 0 spiro atoms. The normalized spacial score (nSPS) is 10.7. The number of hydrogen-bond acceptors (Lipinski definition) is 2. The third-order valence-electron chi connectivity index (χ3n) is 2.58. The van der Waals surface area contributed by atoms with Crippen molar-refractivity contribution < 1.29 is 9.90 Å². The number of aryl methyl sites for hydroxylation is 1. The van der Waals surface area contributed by atoms with Crippen molar-refractivity contribution in [1.29, 1.82) is 0 Å². The number of aromatic hydroxyl groups is 1. The molecule has 0 radical (unpaired) electrons. The second-order valence-corrected chi connectivity index (χ2v) is 3.49. The van der Waals surface area contributed by atoms with E-state index in [2.05, 4.69) is 4.57 Å². The summed E-state index contributed by atoms with van der Waals surface area (Å²) in [5, 5.41) is 10.3. The Hall–Kier alpha value is -1.77. The van der Waals surface area contributed by atoms with Crippen molar-refractivity contribution in [2.45, 2.75) is 19.9 Å². The fourth-order valence-corrected chi connectivity index (χ4v) is 1.94. The maximum absolute atomic E-state index is 10.5. The van der Waals surface area contributed by atoms with Gasteiger partial charge in [0, 0.05) is 29.6 Å². The number of phenols is 1. The molecule has 0 atom stereocenters. The molecule has 0 aliphatic carbocycles. The summed E-state index contributed by atoms with van der Waals surface area (Å²) < 4.78 is 2.09. The smallest absolute Gasteiger partial charge is 0.125 e. The molecule has 0 saturated carbocycles. The summed E-state index contributed by atoms with van der Waals surface area (Å²) >= 11 is 0. The maximum atomic E-state index is 10.5. The summed E-state index contributed by atoms with van der Waals surface area (Å²) in [6.07, 6.45) is 1.32. The van der Waals surface area contributed by atoms with Crippen LogP contribution in [0.25, 0.3) is 10.9 Å². The van der Waals surface area contributed by atoms with Gasteiger partial charge in [0.25, 0.3) is 0 Å². The minimum absolute atomic E-state index is 0.258. The van der Waals surface area contributed by atoms with Crippen LogP contribution < -0.4 is 0 Å². The lowest BCUT2D eigenvalue weighted by atomic mass is 10.2. The molecular formula is C12H13NO2. The summed E-state index contributed by atoms with van der Waals surface area (Å²) in [5.41, 5.74) is 2.06. The van der Waals surface area contributed by atoms with Crippen molar-refractivity contribution in [2.75, 3.05) is 0 Å².